The van der Waals surface area contributed by atoms with Crippen LogP contribution in [0, 0.1) is 0 Å². The van der Waals surface area contributed by atoms with E-state index in [2.05, 4.69) is 31.5 Å². The maximum atomic E-state index is 11.1. The highest BCUT2D eigenvalue weighted by molar-refractivity contribution is 5.75. The first-order valence-electron chi connectivity index (χ1n) is 4.53. The van der Waals surface area contributed by atoms with Gasteiger partial charge in [0.15, 0.2) is 0 Å². The molecular formula is C9H21N3O. The number of amides is 1. The van der Waals surface area contributed by atoms with Gasteiger partial charge < -0.3 is 5.32 Å². The third-order valence-electron chi connectivity index (χ3n) is 1.36. The number of carbonyl (C=O) groups excluding carboxylic acids is 1. The molecule has 1 amide bonds. The molecule has 0 saturated carbocycles. The summed E-state index contributed by atoms with van der Waals surface area (Å²) >= 11 is 0. The summed E-state index contributed by atoms with van der Waals surface area (Å²) < 4.78 is 0. The average Bonchev–Trinajstić information content (AvgIpc) is 1.81. The van der Waals surface area contributed by atoms with Crippen molar-refractivity contribution in [1.82, 2.24) is 15.8 Å². The van der Waals surface area contributed by atoms with Gasteiger partial charge >= 0.3 is 0 Å². The molecule has 2 N–H and O–H groups in total. The highest BCUT2D eigenvalue weighted by Crippen LogP contribution is 1.97. The van der Waals surface area contributed by atoms with E-state index in [0.717, 1.165) is 0 Å². The third kappa shape index (κ3) is 9.30. The molecule has 0 radical (unpaired) electrons. The molecule has 0 atom stereocenters. The largest absolute Gasteiger partial charge is 0.312 e. The van der Waals surface area contributed by atoms with E-state index in [-0.39, 0.29) is 11.4 Å². The first-order chi connectivity index (χ1) is 5.81. The van der Waals surface area contributed by atoms with Gasteiger partial charge in [0.2, 0.25) is 5.91 Å². The Hall–Kier alpha value is -0.610. The van der Waals surface area contributed by atoms with Crippen LogP contribution in [-0.4, -0.2) is 37.1 Å². The van der Waals surface area contributed by atoms with Gasteiger partial charge in [-0.1, -0.05) is 0 Å². The van der Waals surface area contributed by atoms with E-state index in [1.807, 2.05) is 0 Å². The molecule has 0 heterocycles. The number of hydrogen-bond donors (Lipinski definition) is 2. The molecule has 0 unspecified atom stereocenters. The van der Waals surface area contributed by atoms with Gasteiger partial charge in [0, 0.05) is 32.6 Å². The molecule has 4 heteroatoms. The van der Waals surface area contributed by atoms with Crippen LogP contribution in [-0.2, 0) is 4.79 Å². The van der Waals surface area contributed by atoms with Crippen LogP contribution in [0.5, 0.6) is 0 Å². The SMILES string of the molecule is CN(C)NC(=O)CCNC(C)(C)C. The van der Waals surface area contributed by atoms with E-state index in [1.165, 1.54) is 0 Å². The van der Waals surface area contributed by atoms with E-state index in [0.29, 0.717) is 13.0 Å². The van der Waals surface area contributed by atoms with Gasteiger partial charge in [0.25, 0.3) is 0 Å². The molecule has 0 rings (SSSR count). The van der Waals surface area contributed by atoms with Crippen molar-refractivity contribution in [2.24, 2.45) is 0 Å². The minimum absolute atomic E-state index is 0.0433. The van der Waals surface area contributed by atoms with Crippen LogP contribution < -0.4 is 10.7 Å². The second-order valence-electron chi connectivity index (χ2n) is 4.36. The predicted octanol–water partition coefficient (Wildman–Crippen LogP) is 0.357. The van der Waals surface area contributed by atoms with Gasteiger partial charge in [-0.3, -0.25) is 10.2 Å². The molecule has 0 aliphatic heterocycles. The number of carbonyl (C=O) groups is 1. The predicted molar refractivity (Wildman–Crippen MR) is 54.2 cm³/mol. The second kappa shape index (κ2) is 5.19. The summed E-state index contributed by atoms with van der Waals surface area (Å²) in [6.45, 7) is 6.95. The van der Waals surface area contributed by atoms with E-state index >= 15 is 0 Å². The Labute approximate surface area is 80.7 Å². The third-order valence-corrected chi connectivity index (χ3v) is 1.36. The van der Waals surface area contributed by atoms with Gasteiger partial charge in [-0.2, -0.15) is 0 Å². The lowest BCUT2D eigenvalue weighted by molar-refractivity contribution is -0.124. The number of nitrogens with one attached hydrogen (secondary N) is 2. The molecule has 0 aromatic carbocycles. The monoisotopic (exact) mass is 187 g/mol. The standard InChI is InChI=1S/C9H21N3O/c1-9(2,3)10-7-6-8(13)11-12(4)5/h10H,6-7H2,1-5H3,(H,11,13). The Kier molecular flexibility index (Phi) is 4.95. The Morgan fingerprint density at radius 1 is 1.31 bits per heavy atom. The summed E-state index contributed by atoms with van der Waals surface area (Å²) in [5.74, 6) is 0.0433. The summed E-state index contributed by atoms with van der Waals surface area (Å²) in [5.41, 5.74) is 2.77. The summed E-state index contributed by atoms with van der Waals surface area (Å²) in [6.07, 6.45) is 0.509. The van der Waals surface area contributed by atoms with E-state index < -0.39 is 0 Å². The fraction of sp³-hybridized carbons (Fsp3) is 0.889. The lowest BCUT2D eigenvalue weighted by Gasteiger charge is -2.20. The first-order valence-corrected chi connectivity index (χ1v) is 4.53. The van der Waals surface area contributed by atoms with Crippen LogP contribution in [0.1, 0.15) is 27.2 Å². The fourth-order valence-electron chi connectivity index (χ4n) is 0.856. The normalized spacial score (nSPS) is 11.8. The summed E-state index contributed by atoms with van der Waals surface area (Å²) in [5, 5.41) is 4.90. The van der Waals surface area contributed by atoms with Crippen molar-refractivity contribution in [3.05, 3.63) is 0 Å². The molecule has 0 spiro atoms. The van der Waals surface area contributed by atoms with Crippen LogP contribution in [0.15, 0.2) is 0 Å². The van der Waals surface area contributed by atoms with Gasteiger partial charge in [-0.15, -0.1) is 0 Å². The van der Waals surface area contributed by atoms with Crippen LogP contribution in [0.2, 0.25) is 0 Å². The number of nitrogens with zero attached hydrogens (tertiary/aromatic N) is 1. The summed E-state index contributed by atoms with van der Waals surface area (Å²) in [4.78, 5) is 11.1. The highest BCUT2D eigenvalue weighted by Gasteiger charge is 2.09. The maximum Gasteiger partial charge on any atom is 0.235 e. The van der Waals surface area contributed by atoms with Crippen molar-refractivity contribution in [2.75, 3.05) is 20.6 Å². The van der Waals surface area contributed by atoms with Crippen LogP contribution in [0.25, 0.3) is 0 Å². The van der Waals surface area contributed by atoms with Gasteiger partial charge in [-0.25, -0.2) is 5.01 Å². The molecule has 0 aromatic heterocycles. The molecule has 0 saturated heterocycles. The van der Waals surface area contributed by atoms with E-state index in [9.17, 15) is 4.79 Å². The Balaban J connectivity index is 3.49. The van der Waals surface area contributed by atoms with Gasteiger partial charge in [0.05, 0.1) is 0 Å². The number of rotatable bonds is 4. The van der Waals surface area contributed by atoms with Crippen molar-refractivity contribution in [3.8, 4) is 0 Å². The minimum atomic E-state index is 0.0433. The second-order valence-corrected chi connectivity index (χ2v) is 4.36. The molecule has 13 heavy (non-hydrogen) atoms. The van der Waals surface area contributed by atoms with Gasteiger partial charge in [-0.05, 0) is 20.8 Å². The zero-order valence-electron chi connectivity index (χ0n) is 9.27. The Morgan fingerprint density at radius 2 is 1.85 bits per heavy atom. The Morgan fingerprint density at radius 3 is 2.23 bits per heavy atom. The molecular weight excluding hydrogens is 166 g/mol. The number of hydrogen-bond acceptors (Lipinski definition) is 3. The lowest BCUT2D eigenvalue weighted by atomic mass is 10.1. The maximum absolute atomic E-state index is 11.1. The smallest absolute Gasteiger partial charge is 0.235 e. The first kappa shape index (κ1) is 12.4. The molecule has 0 aliphatic rings. The molecule has 78 valence electrons. The zero-order chi connectivity index (χ0) is 10.5. The average molecular weight is 187 g/mol. The summed E-state index contributed by atoms with van der Waals surface area (Å²) in [7, 11) is 3.60. The van der Waals surface area contributed by atoms with Crippen molar-refractivity contribution < 1.29 is 4.79 Å². The van der Waals surface area contributed by atoms with E-state index in [1.54, 1.807) is 19.1 Å². The Bertz CT molecular complexity index is 161. The quantitative estimate of drug-likeness (QED) is 0.625. The fourth-order valence-corrected chi connectivity index (χ4v) is 0.856. The van der Waals surface area contributed by atoms with Crippen molar-refractivity contribution in [2.45, 2.75) is 32.7 Å². The molecule has 0 fully saturated rings. The minimum Gasteiger partial charge on any atom is -0.312 e. The number of hydrazine groups is 1. The zero-order valence-corrected chi connectivity index (χ0v) is 9.27. The van der Waals surface area contributed by atoms with Crippen LogP contribution in [0.3, 0.4) is 0 Å². The lowest BCUT2D eigenvalue weighted by Crippen LogP contribution is -2.41. The molecule has 0 aliphatic carbocycles. The van der Waals surface area contributed by atoms with Crippen LogP contribution >= 0.6 is 0 Å². The molecule has 0 aromatic rings. The molecule has 4 nitrogen and oxygen atoms in total. The van der Waals surface area contributed by atoms with Crippen LogP contribution in [0.4, 0.5) is 0 Å². The van der Waals surface area contributed by atoms with Crippen molar-refractivity contribution in [3.63, 3.8) is 0 Å². The molecule has 0 bridgehead atoms. The van der Waals surface area contributed by atoms with E-state index in [4.69, 9.17) is 0 Å². The van der Waals surface area contributed by atoms with Crippen molar-refractivity contribution >= 4 is 5.91 Å². The topological polar surface area (TPSA) is 44.4 Å². The summed E-state index contributed by atoms with van der Waals surface area (Å²) in [6, 6.07) is 0. The van der Waals surface area contributed by atoms with Gasteiger partial charge in [0.1, 0.15) is 0 Å². The highest BCUT2D eigenvalue weighted by atomic mass is 16.2. The van der Waals surface area contributed by atoms with Crippen molar-refractivity contribution in [1.29, 1.82) is 0 Å².